The van der Waals surface area contributed by atoms with Gasteiger partial charge in [-0.3, -0.25) is 0 Å². The first-order valence-electron chi connectivity index (χ1n) is 6.41. The Bertz CT molecular complexity index is 215. The van der Waals surface area contributed by atoms with Gasteiger partial charge in [0, 0.05) is 6.42 Å². The number of fused-ring (bicyclic) bond motifs is 1. The molecule has 1 heterocycles. The second-order valence-corrected chi connectivity index (χ2v) is 5.88. The second-order valence-electron chi connectivity index (χ2n) is 5.88. The topological polar surface area (TPSA) is 29.5 Å². The standard InChI is InChI=1S/C13H24O2/c1-8(2)4-5-10-9(3)6-12-11(10)7-13(14)15-12/h8-14H,4-7H2,1-3H3/t9-,10+,11-,12+,13?/m1/s1. The van der Waals surface area contributed by atoms with E-state index in [2.05, 4.69) is 20.8 Å². The molecule has 1 saturated carbocycles. The lowest BCUT2D eigenvalue weighted by Crippen LogP contribution is -2.16. The summed E-state index contributed by atoms with van der Waals surface area (Å²) in [6.07, 6.45) is 4.54. The Morgan fingerprint density at radius 3 is 2.73 bits per heavy atom. The smallest absolute Gasteiger partial charge is 0.155 e. The summed E-state index contributed by atoms with van der Waals surface area (Å²) in [5.74, 6) is 3.00. The van der Waals surface area contributed by atoms with E-state index in [9.17, 15) is 5.11 Å². The van der Waals surface area contributed by atoms with E-state index in [1.54, 1.807) is 0 Å². The van der Waals surface area contributed by atoms with Crippen LogP contribution in [0.25, 0.3) is 0 Å². The molecule has 1 saturated heterocycles. The quantitative estimate of drug-likeness (QED) is 0.779. The highest BCUT2D eigenvalue weighted by Crippen LogP contribution is 2.47. The van der Waals surface area contributed by atoms with Gasteiger partial charge >= 0.3 is 0 Å². The molecule has 0 radical (unpaired) electrons. The van der Waals surface area contributed by atoms with Crippen molar-refractivity contribution < 1.29 is 9.84 Å². The van der Waals surface area contributed by atoms with Crippen LogP contribution in [0.5, 0.6) is 0 Å². The molecule has 1 unspecified atom stereocenters. The Morgan fingerprint density at radius 2 is 2.07 bits per heavy atom. The Labute approximate surface area is 93.0 Å². The van der Waals surface area contributed by atoms with Crippen LogP contribution in [0.2, 0.25) is 0 Å². The Balaban J connectivity index is 1.92. The van der Waals surface area contributed by atoms with E-state index in [-0.39, 0.29) is 0 Å². The average Bonchev–Trinajstić information content (AvgIpc) is 2.57. The van der Waals surface area contributed by atoms with Crippen molar-refractivity contribution in [2.24, 2.45) is 23.7 Å². The lowest BCUT2D eigenvalue weighted by Gasteiger charge is -2.21. The number of rotatable bonds is 3. The van der Waals surface area contributed by atoms with Crippen molar-refractivity contribution in [3.8, 4) is 0 Å². The monoisotopic (exact) mass is 212 g/mol. The molecular formula is C13H24O2. The fraction of sp³-hybridized carbons (Fsp3) is 1.00. The molecule has 2 aliphatic rings. The molecule has 2 rings (SSSR count). The van der Waals surface area contributed by atoms with Crippen LogP contribution >= 0.6 is 0 Å². The predicted molar refractivity (Wildman–Crippen MR) is 60.3 cm³/mol. The third kappa shape index (κ3) is 2.36. The largest absolute Gasteiger partial charge is 0.368 e. The van der Waals surface area contributed by atoms with Gasteiger partial charge in [0.2, 0.25) is 0 Å². The van der Waals surface area contributed by atoms with E-state index in [1.165, 1.54) is 12.8 Å². The maximum atomic E-state index is 9.49. The van der Waals surface area contributed by atoms with E-state index >= 15 is 0 Å². The first-order chi connectivity index (χ1) is 7.08. The predicted octanol–water partition coefficient (Wildman–Crippen LogP) is 2.80. The van der Waals surface area contributed by atoms with Gasteiger partial charge in [-0.1, -0.05) is 27.2 Å². The molecule has 2 fully saturated rings. The van der Waals surface area contributed by atoms with Crippen LogP contribution in [0.3, 0.4) is 0 Å². The normalized spacial score (nSPS) is 45.0. The van der Waals surface area contributed by atoms with Crippen LogP contribution < -0.4 is 0 Å². The van der Waals surface area contributed by atoms with Gasteiger partial charge < -0.3 is 9.84 Å². The molecule has 0 amide bonds. The summed E-state index contributed by atoms with van der Waals surface area (Å²) in [5.41, 5.74) is 0. The van der Waals surface area contributed by atoms with Gasteiger partial charge in [-0.05, 0) is 36.5 Å². The summed E-state index contributed by atoms with van der Waals surface area (Å²) >= 11 is 0. The molecule has 1 aliphatic carbocycles. The molecule has 0 bridgehead atoms. The summed E-state index contributed by atoms with van der Waals surface area (Å²) < 4.78 is 5.55. The number of aliphatic hydroxyl groups is 1. The van der Waals surface area contributed by atoms with E-state index in [4.69, 9.17) is 4.74 Å². The van der Waals surface area contributed by atoms with Crippen LogP contribution in [0.15, 0.2) is 0 Å². The minimum atomic E-state index is -0.478. The maximum Gasteiger partial charge on any atom is 0.155 e. The van der Waals surface area contributed by atoms with Crippen LogP contribution in [0, 0.1) is 23.7 Å². The van der Waals surface area contributed by atoms with Crippen molar-refractivity contribution >= 4 is 0 Å². The van der Waals surface area contributed by atoms with Crippen molar-refractivity contribution in [3.63, 3.8) is 0 Å². The summed E-state index contributed by atoms with van der Waals surface area (Å²) in [6.45, 7) is 6.92. The van der Waals surface area contributed by atoms with Gasteiger partial charge in [0.05, 0.1) is 6.10 Å². The molecule has 1 N–H and O–H groups in total. The number of ether oxygens (including phenoxy) is 1. The first kappa shape index (κ1) is 11.4. The molecule has 2 nitrogen and oxygen atoms in total. The van der Waals surface area contributed by atoms with Crippen molar-refractivity contribution in [2.45, 2.75) is 58.8 Å². The molecule has 0 spiro atoms. The van der Waals surface area contributed by atoms with Crippen molar-refractivity contribution in [3.05, 3.63) is 0 Å². The third-order valence-corrected chi connectivity index (χ3v) is 4.25. The minimum absolute atomic E-state index is 0.354. The Hall–Kier alpha value is -0.0800. The molecule has 0 aromatic heterocycles. The third-order valence-electron chi connectivity index (χ3n) is 4.25. The first-order valence-corrected chi connectivity index (χ1v) is 6.41. The minimum Gasteiger partial charge on any atom is -0.368 e. The van der Waals surface area contributed by atoms with Gasteiger partial charge in [0.15, 0.2) is 6.29 Å². The summed E-state index contributed by atoms with van der Waals surface area (Å²) in [7, 11) is 0. The highest BCUT2D eigenvalue weighted by Gasteiger charge is 2.46. The molecule has 5 atom stereocenters. The van der Waals surface area contributed by atoms with Gasteiger partial charge in [0.1, 0.15) is 0 Å². The maximum absolute atomic E-state index is 9.49. The zero-order valence-electron chi connectivity index (χ0n) is 10.1. The van der Waals surface area contributed by atoms with E-state index in [0.717, 1.165) is 30.6 Å². The van der Waals surface area contributed by atoms with E-state index in [1.807, 2.05) is 0 Å². The summed E-state index contributed by atoms with van der Waals surface area (Å²) in [4.78, 5) is 0. The molecule has 88 valence electrons. The average molecular weight is 212 g/mol. The lowest BCUT2D eigenvalue weighted by molar-refractivity contribution is -0.0922. The lowest BCUT2D eigenvalue weighted by atomic mass is 9.83. The van der Waals surface area contributed by atoms with Crippen LogP contribution in [0.4, 0.5) is 0 Å². The molecule has 0 aromatic rings. The second kappa shape index (κ2) is 4.42. The van der Waals surface area contributed by atoms with Gasteiger partial charge in [-0.2, -0.15) is 0 Å². The Kier molecular flexibility index (Phi) is 3.36. The fourth-order valence-corrected chi connectivity index (χ4v) is 3.41. The zero-order valence-corrected chi connectivity index (χ0v) is 10.1. The van der Waals surface area contributed by atoms with Crippen LogP contribution in [-0.2, 0) is 4.74 Å². The van der Waals surface area contributed by atoms with Crippen molar-refractivity contribution in [1.29, 1.82) is 0 Å². The molecule has 15 heavy (non-hydrogen) atoms. The van der Waals surface area contributed by atoms with Gasteiger partial charge in [-0.15, -0.1) is 0 Å². The zero-order chi connectivity index (χ0) is 11.0. The highest BCUT2D eigenvalue weighted by molar-refractivity contribution is 4.93. The molecule has 1 aliphatic heterocycles. The highest BCUT2D eigenvalue weighted by atomic mass is 16.6. The van der Waals surface area contributed by atoms with Crippen molar-refractivity contribution in [2.75, 3.05) is 0 Å². The van der Waals surface area contributed by atoms with Gasteiger partial charge in [-0.25, -0.2) is 0 Å². The van der Waals surface area contributed by atoms with Gasteiger partial charge in [0.25, 0.3) is 0 Å². The molecule has 2 heteroatoms. The van der Waals surface area contributed by atoms with E-state index in [0.29, 0.717) is 12.0 Å². The van der Waals surface area contributed by atoms with Crippen molar-refractivity contribution in [1.82, 2.24) is 0 Å². The molecular weight excluding hydrogens is 188 g/mol. The number of hydrogen-bond acceptors (Lipinski definition) is 2. The Morgan fingerprint density at radius 1 is 1.33 bits per heavy atom. The van der Waals surface area contributed by atoms with Crippen LogP contribution in [-0.4, -0.2) is 17.5 Å². The summed E-state index contributed by atoms with van der Waals surface area (Å²) in [5, 5.41) is 9.49. The fourth-order valence-electron chi connectivity index (χ4n) is 3.41. The van der Waals surface area contributed by atoms with Crippen LogP contribution in [0.1, 0.15) is 46.5 Å². The summed E-state index contributed by atoms with van der Waals surface area (Å²) in [6, 6.07) is 0. The van der Waals surface area contributed by atoms with E-state index < -0.39 is 6.29 Å². The number of hydrogen-bond donors (Lipinski definition) is 1. The number of aliphatic hydroxyl groups excluding tert-OH is 1. The SMILES string of the molecule is CC(C)CC[C@@H]1[C@H]2CC(O)O[C@H]2C[C@H]1C. The molecule has 0 aromatic carbocycles.